The normalized spacial score (nSPS) is 12.8. The summed E-state index contributed by atoms with van der Waals surface area (Å²) < 4.78 is 0. The SMILES string of the molecule is CC(CCc1ccccc1)[Si-](C)(C)c1ccc(-c2ccccc2)cc1. The Bertz CT molecular complexity index is 773. The van der Waals surface area contributed by atoms with Gasteiger partial charge in [0.25, 0.3) is 0 Å². The standard InChI is InChI=1S/C24H28Si/c1-20(14-15-21-10-6-4-7-11-21)25(2,3)24-18-16-23(17-19-24)22-12-8-5-9-13-22/h4-13,16-20H,14-15H2,1-3H3/q-1. The summed E-state index contributed by atoms with van der Waals surface area (Å²) in [5.74, 6) is 0. The van der Waals surface area contributed by atoms with Crippen LogP contribution in [0.25, 0.3) is 11.1 Å². The van der Waals surface area contributed by atoms with E-state index in [-0.39, 0.29) is 0 Å². The molecule has 0 amide bonds. The summed E-state index contributed by atoms with van der Waals surface area (Å²) in [5, 5.41) is 1.56. The average Bonchev–Trinajstić information content (AvgIpc) is 2.67. The third-order valence-electron chi connectivity index (χ3n) is 5.68. The molecule has 3 aromatic carbocycles. The van der Waals surface area contributed by atoms with Gasteiger partial charge in [0.1, 0.15) is 0 Å². The van der Waals surface area contributed by atoms with Gasteiger partial charge in [-0.1, -0.05) is 98.3 Å². The molecule has 0 aromatic heterocycles. The first kappa shape index (κ1) is 17.7. The van der Waals surface area contributed by atoms with Crippen molar-refractivity contribution >= 4 is 13.3 Å². The Kier molecular flexibility index (Phi) is 5.55. The van der Waals surface area contributed by atoms with E-state index < -0.39 is 8.07 Å². The van der Waals surface area contributed by atoms with Crippen LogP contribution in [0, 0.1) is 0 Å². The Labute approximate surface area is 153 Å². The topological polar surface area (TPSA) is 0 Å². The number of aryl methyl sites for hydroxylation is 1. The van der Waals surface area contributed by atoms with Gasteiger partial charge in [0, 0.05) is 0 Å². The van der Waals surface area contributed by atoms with Crippen LogP contribution >= 0.6 is 0 Å². The van der Waals surface area contributed by atoms with Crippen molar-refractivity contribution < 1.29 is 0 Å². The van der Waals surface area contributed by atoms with Crippen molar-refractivity contribution in [3.05, 3.63) is 90.5 Å². The van der Waals surface area contributed by atoms with Crippen molar-refractivity contribution in [3.63, 3.8) is 0 Å². The van der Waals surface area contributed by atoms with Crippen LogP contribution in [0.2, 0.25) is 18.6 Å². The fourth-order valence-corrected chi connectivity index (χ4v) is 5.86. The summed E-state index contributed by atoms with van der Waals surface area (Å²) in [6, 6.07) is 30.8. The van der Waals surface area contributed by atoms with E-state index in [1.807, 2.05) is 0 Å². The lowest BCUT2D eigenvalue weighted by Crippen LogP contribution is -2.45. The Balaban J connectivity index is 1.70. The van der Waals surface area contributed by atoms with Crippen LogP contribution < -0.4 is 5.19 Å². The highest BCUT2D eigenvalue weighted by molar-refractivity contribution is 6.90. The molecule has 0 aliphatic heterocycles. The van der Waals surface area contributed by atoms with Crippen molar-refractivity contribution in [2.75, 3.05) is 0 Å². The number of hydrogen-bond donors (Lipinski definition) is 0. The third-order valence-corrected chi connectivity index (χ3v) is 10.3. The Morgan fingerprint density at radius 3 is 1.80 bits per heavy atom. The minimum Gasteiger partial charge on any atom is -0.185 e. The molecule has 129 valence electrons. The van der Waals surface area contributed by atoms with Gasteiger partial charge in [-0.2, -0.15) is 18.3 Å². The molecule has 0 saturated heterocycles. The second-order valence-electron chi connectivity index (χ2n) is 7.59. The monoisotopic (exact) mass is 344 g/mol. The van der Waals surface area contributed by atoms with Crippen LogP contribution in [0.1, 0.15) is 18.9 Å². The fraction of sp³-hybridized carbons (Fsp3) is 0.250. The quantitative estimate of drug-likeness (QED) is 0.461. The molecule has 25 heavy (non-hydrogen) atoms. The van der Waals surface area contributed by atoms with Gasteiger partial charge in [0.15, 0.2) is 0 Å². The molecule has 3 aromatic rings. The average molecular weight is 345 g/mol. The first-order valence-electron chi connectivity index (χ1n) is 9.27. The highest BCUT2D eigenvalue weighted by Gasteiger charge is 2.18. The van der Waals surface area contributed by atoms with Crippen molar-refractivity contribution in [2.45, 2.75) is 38.4 Å². The van der Waals surface area contributed by atoms with Gasteiger partial charge in [0.05, 0.1) is 0 Å². The summed E-state index contributed by atoms with van der Waals surface area (Å²) in [7, 11) is -1.46. The Morgan fingerprint density at radius 2 is 1.20 bits per heavy atom. The van der Waals surface area contributed by atoms with Gasteiger partial charge in [-0.15, -0.1) is 13.6 Å². The maximum Gasteiger partial charge on any atom is -0.0184 e. The zero-order valence-corrected chi connectivity index (χ0v) is 16.6. The molecule has 1 unspecified atom stereocenters. The van der Waals surface area contributed by atoms with Crippen LogP contribution in [-0.2, 0) is 6.42 Å². The summed E-state index contributed by atoms with van der Waals surface area (Å²) in [6.45, 7) is 7.47. The Hall–Kier alpha value is -2.12. The van der Waals surface area contributed by atoms with Crippen molar-refractivity contribution in [1.29, 1.82) is 0 Å². The van der Waals surface area contributed by atoms with E-state index in [2.05, 4.69) is 105 Å². The fourth-order valence-electron chi connectivity index (χ4n) is 3.40. The molecular weight excluding hydrogens is 316 g/mol. The van der Waals surface area contributed by atoms with Crippen LogP contribution in [0.15, 0.2) is 84.9 Å². The van der Waals surface area contributed by atoms with Crippen molar-refractivity contribution in [1.82, 2.24) is 0 Å². The van der Waals surface area contributed by atoms with Gasteiger partial charge < -0.3 is 0 Å². The van der Waals surface area contributed by atoms with Crippen LogP contribution in [0.3, 0.4) is 0 Å². The van der Waals surface area contributed by atoms with Crippen LogP contribution in [-0.4, -0.2) is 8.07 Å². The lowest BCUT2D eigenvalue weighted by molar-refractivity contribution is 0.770. The zero-order valence-electron chi connectivity index (χ0n) is 15.6. The molecule has 0 heterocycles. The molecule has 0 aliphatic rings. The van der Waals surface area contributed by atoms with E-state index in [9.17, 15) is 0 Å². The van der Waals surface area contributed by atoms with E-state index in [1.165, 1.54) is 29.5 Å². The molecular formula is C24H28Si-. The lowest BCUT2D eigenvalue weighted by Gasteiger charge is -2.42. The minimum atomic E-state index is -1.46. The van der Waals surface area contributed by atoms with Crippen LogP contribution in [0.4, 0.5) is 0 Å². The van der Waals surface area contributed by atoms with E-state index in [0.717, 1.165) is 5.54 Å². The van der Waals surface area contributed by atoms with Gasteiger partial charge >= 0.3 is 0 Å². The first-order chi connectivity index (χ1) is 12.1. The smallest absolute Gasteiger partial charge is 0.0184 e. The molecule has 0 fully saturated rings. The zero-order chi connectivity index (χ0) is 17.7. The lowest BCUT2D eigenvalue weighted by atomic mass is 10.1. The molecule has 3 rings (SSSR count). The summed E-state index contributed by atoms with van der Waals surface area (Å²) in [6.07, 6.45) is 2.45. The van der Waals surface area contributed by atoms with Crippen molar-refractivity contribution in [2.24, 2.45) is 0 Å². The first-order valence-corrected chi connectivity index (χ1v) is 12.3. The van der Waals surface area contributed by atoms with E-state index in [4.69, 9.17) is 0 Å². The van der Waals surface area contributed by atoms with E-state index in [0.29, 0.717) is 0 Å². The Morgan fingerprint density at radius 1 is 0.680 bits per heavy atom. The predicted octanol–water partition coefficient (Wildman–Crippen LogP) is 6.29. The van der Waals surface area contributed by atoms with Gasteiger partial charge in [-0.25, -0.2) is 0 Å². The molecule has 0 nitrogen and oxygen atoms in total. The molecule has 0 N–H and O–H groups in total. The van der Waals surface area contributed by atoms with Gasteiger partial charge in [0.2, 0.25) is 0 Å². The second-order valence-corrected chi connectivity index (χ2v) is 12.6. The summed E-state index contributed by atoms with van der Waals surface area (Å²) in [5.41, 5.74) is 4.82. The largest absolute Gasteiger partial charge is 0.185 e. The molecule has 0 saturated carbocycles. The highest BCUT2D eigenvalue weighted by atomic mass is 28.3. The number of rotatable bonds is 6. The van der Waals surface area contributed by atoms with Gasteiger partial charge in [-0.3, -0.25) is 0 Å². The van der Waals surface area contributed by atoms with E-state index >= 15 is 0 Å². The molecule has 0 spiro atoms. The molecule has 1 heteroatoms. The van der Waals surface area contributed by atoms with Crippen molar-refractivity contribution in [3.8, 4) is 11.1 Å². The molecule has 0 aliphatic carbocycles. The van der Waals surface area contributed by atoms with Crippen LogP contribution in [0.5, 0.6) is 0 Å². The molecule has 1 atom stereocenters. The maximum absolute atomic E-state index is 2.51. The molecule has 0 radical (unpaired) electrons. The second kappa shape index (κ2) is 7.84. The van der Waals surface area contributed by atoms with E-state index in [1.54, 1.807) is 5.19 Å². The number of hydrogen-bond acceptors (Lipinski definition) is 0. The number of benzene rings is 3. The highest BCUT2D eigenvalue weighted by Crippen LogP contribution is 2.27. The minimum absolute atomic E-state index is 0.760. The van der Waals surface area contributed by atoms with Gasteiger partial charge in [-0.05, 0) is 23.1 Å². The molecule has 0 bridgehead atoms. The third kappa shape index (κ3) is 4.29. The predicted molar refractivity (Wildman–Crippen MR) is 113 cm³/mol. The summed E-state index contributed by atoms with van der Waals surface area (Å²) >= 11 is 0. The summed E-state index contributed by atoms with van der Waals surface area (Å²) in [4.78, 5) is 0. The maximum atomic E-state index is 2.51.